The molecule has 1 aromatic heterocycles. The van der Waals surface area contributed by atoms with Gasteiger partial charge in [0.15, 0.2) is 11.5 Å². The van der Waals surface area contributed by atoms with Gasteiger partial charge in [0.25, 0.3) is 5.91 Å². The van der Waals surface area contributed by atoms with E-state index in [4.69, 9.17) is 19.2 Å². The van der Waals surface area contributed by atoms with Crippen LogP contribution in [0.5, 0.6) is 17.2 Å². The molecule has 5 rings (SSSR count). The second kappa shape index (κ2) is 8.12. The first kappa shape index (κ1) is 19.1. The van der Waals surface area contributed by atoms with Crippen molar-refractivity contribution in [2.75, 3.05) is 19.2 Å². The summed E-state index contributed by atoms with van der Waals surface area (Å²) in [6.45, 7) is 0.184. The number of nitrogens with zero attached hydrogens (tertiary/aromatic N) is 1. The third kappa shape index (κ3) is 3.83. The van der Waals surface area contributed by atoms with E-state index in [9.17, 15) is 4.79 Å². The van der Waals surface area contributed by atoms with Gasteiger partial charge in [-0.3, -0.25) is 4.79 Å². The monoisotopic (exact) mass is 430 g/mol. The Balaban J connectivity index is 1.53. The Labute approximate surface area is 183 Å². The van der Waals surface area contributed by atoms with Crippen LogP contribution in [0.2, 0.25) is 0 Å². The average Bonchev–Trinajstić information content (AvgIpc) is 3.47. The lowest BCUT2D eigenvalue weighted by molar-refractivity contribution is 0.103. The van der Waals surface area contributed by atoms with Crippen LogP contribution < -0.4 is 19.5 Å². The number of aromatic nitrogens is 1. The van der Waals surface area contributed by atoms with Gasteiger partial charge in [0.1, 0.15) is 15.6 Å². The Morgan fingerprint density at radius 3 is 2.61 bits per heavy atom. The Hall–Kier alpha value is -3.84. The second-order valence-corrected chi connectivity index (χ2v) is 7.82. The molecule has 0 spiro atoms. The molecular weight excluding hydrogens is 412 g/mol. The van der Waals surface area contributed by atoms with Crippen molar-refractivity contribution in [2.45, 2.75) is 0 Å². The number of nitrogens with one attached hydrogen (secondary N) is 1. The van der Waals surface area contributed by atoms with E-state index in [1.807, 2.05) is 54.6 Å². The number of hydrogen-bond acceptors (Lipinski definition) is 6. The molecule has 1 aliphatic rings. The van der Waals surface area contributed by atoms with Gasteiger partial charge in [-0.05, 0) is 24.3 Å². The molecule has 0 aliphatic carbocycles. The van der Waals surface area contributed by atoms with Gasteiger partial charge in [-0.25, -0.2) is 4.98 Å². The van der Waals surface area contributed by atoms with Gasteiger partial charge < -0.3 is 19.5 Å². The van der Waals surface area contributed by atoms with Gasteiger partial charge in [0.05, 0.1) is 12.8 Å². The summed E-state index contributed by atoms with van der Waals surface area (Å²) in [5, 5.41) is 3.70. The van der Waals surface area contributed by atoms with E-state index < -0.39 is 0 Å². The third-order valence-corrected chi connectivity index (χ3v) is 5.93. The van der Waals surface area contributed by atoms with Gasteiger partial charge in [0, 0.05) is 22.9 Å². The summed E-state index contributed by atoms with van der Waals surface area (Å²) in [5.74, 6) is 1.79. The largest absolute Gasteiger partial charge is 0.497 e. The van der Waals surface area contributed by atoms with Crippen molar-refractivity contribution < 1.29 is 19.0 Å². The normalized spacial score (nSPS) is 11.9. The third-order valence-electron chi connectivity index (χ3n) is 4.83. The van der Waals surface area contributed by atoms with E-state index in [0.29, 0.717) is 27.8 Å². The molecule has 3 aromatic carbocycles. The number of thiazole rings is 1. The molecule has 6 nitrogen and oxygen atoms in total. The van der Waals surface area contributed by atoms with Crippen molar-refractivity contribution in [1.29, 1.82) is 0 Å². The molecule has 2 heterocycles. The standard InChI is InChI=1S/C24H18N2O4S/c1-28-18-9-5-8-16(12-18)24-26-21(15-6-3-2-4-7-15)22(31-24)23(27)25-17-10-11-19-20(13-17)30-14-29-19/h2-13H,14H2,1H3,(H,25,27). The number of ether oxygens (including phenoxy) is 3. The molecule has 31 heavy (non-hydrogen) atoms. The average molecular weight is 430 g/mol. The topological polar surface area (TPSA) is 69.7 Å². The van der Waals surface area contributed by atoms with Crippen molar-refractivity contribution >= 4 is 22.9 Å². The number of benzene rings is 3. The SMILES string of the molecule is COc1cccc(-c2nc(-c3ccccc3)c(C(=O)Nc3ccc4c(c3)OCO4)s2)c1. The van der Waals surface area contributed by atoms with Gasteiger partial charge >= 0.3 is 0 Å². The van der Waals surface area contributed by atoms with E-state index in [1.54, 1.807) is 25.3 Å². The first-order valence-corrected chi connectivity index (χ1v) is 10.4. The van der Waals surface area contributed by atoms with Crippen LogP contribution in [0.3, 0.4) is 0 Å². The Bertz CT molecular complexity index is 1250. The van der Waals surface area contributed by atoms with Crippen LogP contribution in [-0.4, -0.2) is 24.8 Å². The molecular formula is C24H18N2O4S. The smallest absolute Gasteiger partial charge is 0.268 e. The quantitative estimate of drug-likeness (QED) is 0.455. The van der Waals surface area contributed by atoms with E-state index in [2.05, 4.69) is 5.32 Å². The summed E-state index contributed by atoms with van der Waals surface area (Å²) < 4.78 is 16.1. The zero-order chi connectivity index (χ0) is 21.2. The van der Waals surface area contributed by atoms with Crippen molar-refractivity contribution in [3.05, 3.63) is 77.7 Å². The predicted octanol–water partition coefficient (Wildman–Crippen LogP) is 5.47. The molecule has 1 N–H and O–H groups in total. The van der Waals surface area contributed by atoms with Gasteiger partial charge in [0.2, 0.25) is 6.79 Å². The van der Waals surface area contributed by atoms with Crippen LogP contribution in [0.1, 0.15) is 9.67 Å². The number of fused-ring (bicyclic) bond motifs is 1. The van der Waals surface area contributed by atoms with Gasteiger partial charge in [-0.15, -0.1) is 11.3 Å². The van der Waals surface area contributed by atoms with Crippen LogP contribution in [0, 0.1) is 0 Å². The molecule has 0 saturated carbocycles. The highest BCUT2D eigenvalue weighted by atomic mass is 32.1. The number of amides is 1. The Morgan fingerprint density at radius 2 is 1.77 bits per heavy atom. The lowest BCUT2D eigenvalue weighted by atomic mass is 10.1. The highest BCUT2D eigenvalue weighted by Crippen LogP contribution is 2.37. The zero-order valence-electron chi connectivity index (χ0n) is 16.6. The predicted molar refractivity (Wildman–Crippen MR) is 120 cm³/mol. The first-order chi connectivity index (χ1) is 15.2. The molecule has 1 amide bonds. The van der Waals surface area contributed by atoms with Crippen LogP contribution in [-0.2, 0) is 0 Å². The summed E-state index contributed by atoms with van der Waals surface area (Å²) in [5.41, 5.74) is 3.04. The molecule has 4 aromatic rings. The maximum Gasteiger partial charge on any atom is 0.268 e. The van der Waals surface area contributed by atoms with E-state index in [0.717, 1.165) is 21.9 Å². The van der Waals surface area contributed by atoms with Crippen LogP contribution in [0.15, 0.2) is 72.8 Å². The fourth-order valence-electron chi connectivity index (χ4n) is 3.31. The molecule has 0 atom stereocenters. The number of carbonyl (C=O) groups excluding carboxylic acids is 1. The number of carbonyl (C=O) groups is 1. The summed E-state index contributed by atoms with van der Waals surface area (Å²) in [6.07, 6.45) is 0. The highest BCUT2D eigenvalue weighted by molar-refractivity contribution is 7.17. The summed E-state index contributed by atoms with van der Waals surface area (Å²) in [4.78, 5) is 18.6. The molecule has 0 radical (unpaired) electrons. The summed E-state index contributed by atoms with van der Waals surface area (Å²) >= 11 is 1.34. The molecule has 7 heteroatoms. The number of hydrogen-bond donors (Lipinski definition) is 1. The van der Waals surface area contributed by atoms with Crippen molar-refractivity contribution in [3.8, 4) is 39.1 Å². The maximum absolute atomic E-state index is 13.2. The molecule has 0 unspecified atom stereocenters. The van der Waals surface area contributed by atoms with Crippen molar-refractivity contribution in [3.63, 3.8) is 0 Å². The molecule has 0 bridgehead atoms. The van der Waals surface area contributed by atoms with E-state index in [1.165, 1.54) is 11.3 Å². The van der Waals surface area contributed by atoms with Crippen LogP contribution in [0.4, 0.5) is 5.69 Å². The fourth-order valence-corrected chi connectivity index (χ4v) is 4.29. The van der Waals surface area contributed by atoms with Crippen molar-refractivity contribution in [2.24, 2.45) is 0 Å². The maximum atomic E-state index is 13.2. The van der Waals surface area contributed by atoms with Crippen LogP contribution in [0.25, 0.3) is 21.8 Å². The summed E-state index contributed by atoms with van der Waals surface area (Å²) in [7, 11) is 1.63. The first-order valence-electron chi connectivity index (χ1n) is 9.63. The minimum atomic E-state index is -0.232. The minimum Gasteiger partial charge on any atom is -0.497 e. The van der Waals surface area contributed by atoms with Gasteiger partial charge in [-0.2, -0.15) is 0 Å². The van der Waals surface area contributed by atoms with E-state index in [-0.39, 0.29) is 12.7 Å². The number of methoxy groups -OCH3 is 1. The minimum absolute atomic E-state index is 0.184. The van der Waals surface area contributed by atoms with Crippen molar-refractivity contribution in [1.82, 2.24) is 4.98 Å². The summed E-state index contributed by atoms with van der Waals surface area (Å²) in [6, 6.07) is 22.7. The molecule has 1 aliphatic heterocycles. The Kier molecular flexibility index (Phi) is 5.01. The Morgan fingerprint density at radius 1 is 0.968 bits per heavy atom. The molecule has 0 saturated heterocycles. The second-order valence-electron chi connectivity index (χ2n) is 6.82. The highest BCUT2D eigenvalue weighted by Gasteiger charge is 2.22. The molecule has 0 fully saturated rings. The van der Waals surface area contributed by atoms with Gasteiger partial charge in [-0.1, -0.05) is 42.5 Å². The molecule has 154 valence electrons. The zero-order valence-corrected chi connectivity index (χ0v) is 17.4. The lowest BCUT2D eigenvalue weighted by Crippen LogP contribution is -2.11. The fraction of sp³-hybridized carbons (Fsp3) is 0.0833. The van der Waals surface area contributed by atoms with Crippen LogP contribution >= 0.6 is 11.3 Å². The van der Waals surface area contributed by atoms with E-state index >= 15 is 0 Å². The lowest BCUT2D eigenvalue weighted by Gasteiger charge is -2.06. The number of rotatable bonds is 5. The number of anilines is 1.